The van der Waals surface area contributed by atoms with Gasteiger partial charge in [0.15, 0.2) is 0 Å². The minimum absolute atomic E-state index is 0.0872. The van der Waals surface area contributed by atoms with Crippen molar-refractivity contribution in [3.63, 3.8) is 0 Å². The molecule has 0 fully saturated rings. The number of hydrogen-bond donors (Lipinski definition) is 0. The molecule has 5 nitrogen and oxygen atoms in total. The van der Waals surface area contributed by atoms with Crippen LogP contribution >= 0.6 is 23.2 Å². The number of carbonyl (C=O) groups is 4. The van der Waals surface area contributed by atoms with Crippen LogP contribution in [0.4, 0.5) is 0 Å². The largest absolute Gasteiger partial charge is 0.281 e. The molecule has 0 aliphatic carbocycles. The fraction of sp³-hybridized carbons (Fsp3) is 0.231. The van der Waals surface area contributed by atoms with Crippen LogP contribution in [0.25, 0.3) is 0 Å². The summed E-state index contributed by atoms with van der Waals surface area (Å²) in [5, 5.41) is -1.54. The van der Waals surface area contributed by atoms with E-state index in [9.17, 15) is 19.2 Å². The lowest BCUT2D eigenvalue weighted by molar-refractivity contribution is -0.116. The second-order valence-electron chi connectivity index (χ2n) is 4.24. The number of imide groups is 1. The number of benzene rings is 1. The summed E-state index contributed by atoms with van der Waals surface area (Å²) in [7, 11) is 0. The Morgan fingerprint density at radius 2 is 1.55 bits per heavy atom. The molecule has 104 valence electrons. The first-order valence-corrected chi connectivity index (χ1v) is 6.53. The molecular formula is C13H9Cl2NO4. The lowest BCUT2D eigenvalue weighted by Gasteiger charge is -2.22. The van der Waals surface area contributed by atoms with Crippen molar-refractivity contribution < 1.29 is 19.2 Å². The molecule has 1 aliphatic rings. The quantitative estimate of drug-likeness (QED) is 0.615. The van der Waals surface area contributed by atoms with Gasteiger partial charge in [0.05, 0.1) is 11.1 Å². The van der Waals surface area contributed by atoms with Gasteiger partial charge in [-0.2, -0.15) is 0 Å². The highest BCUT2D eigenvalue weighted by Crippen LogP contribution is 2.27. The van der Waals surface area contributed by atoms with E-state index >= 15 is 0 Å². The summed E-state index contributed by atoms with van der Waals surface area (Å²) in [4.78, 5) is 47.4. The molecule has 1 aliphatic heterocycles. The standard InChI is InChI=1S/C13H9Cl2NO4/c14-10(17)6-5-9(11(15)18)16-12(19)7-3-1-2-4-8(7)13(16)20/h1-4,9H,5-6H2. The van der Waals surface area contributed by atoms with Crippen molar-refractivity contribution in [2.45, 2.75) is 18.9 Å². The lowest BCUT2D eigenvalue weighted by atomic mass is 10.1. The van der Waals surface area contributed by atoms with Gasteiger partial charge in [-0.3, -0.25) is 24.1 Å². The summed E-state index contributed by atoms with van der Waals surface area (Å²) >= 11 is 10.7. The predicted octanol–water partition coefficient (Wildman–Crippen LogP) is 1.96. The summed E-state index contributed by atoms with van der Waals surface area (Å²) in [5.41, 5.74) is 0.440. The minimum atomic E-state index is -1.19. The van der Waals surface area contributed by atoms with E-state index in [1.165, 1.54) is 12.1 Å². The third-order valence-corrected chi connectivity index (χ3v) is 3.45. The number of rotatable bonds is 5. The first-order chi connectivity index (χ1) is 9.43. The van der Waals surface area contributed by atoms with E-state index in [1.54, 1.807) is 12.1 Å². The molecule has 0 saturated heterocycles. The first kappa shape index (κ1) is 14.7. The third kappa shape index (κ3) is 2.59. The Kier molecular flexibility index (Phi) is 4.20. The topological polar surface area (TPSA) is 71.5 Å². The van der Waals surface area contributed by atoms with Crippen molar-refractivity contribution in [3.05, 3.63) is 35.4 Å². The molecule has 0 radical (unpaired) electrons. The van der Waals surface area contributed by atoms with E-state index in [4.69, 9.17) is 23.2 Å². The van der Waals surface area contributed by atoms with Crippen molar-refractivity contribution in [3.8, 4) is 0 Å². The number of nitrogens with zero attached hydrogens (tertiary/aromatic N) is 1. The van der Waals surface area contributed by atoms with Gasteiger partial charge in [-0.25, -0.2) is 0 Å². The van der Waals surface area contributed by atoms with Crippen LogP contribution in [-0.4, -0.2) is 33.2 Å². The van der Waals surface area contributed by atoms with Crippen LogP contribution in [0.2, 0.25) is 0 Å². The van der Waals surface area contributed by atoms with E-state index in [2.05, 4.69) is 0 Å². The number of hydrogen-bond acceptors (Lipinski definition) is 4. The van der Waals surface area contributed by atoms with Gasteiger partial charge < -0.3 is 0 Å². The third-order valence-electron chi connectivity index (χ3n) is 3.01. The molecule has 2 rings (SSSR count). The molecule has 20 heavy (non-hydrogen) atoms. The van der Waals surface area contributed by atoms with Crippen LogP contribution in [0.3, 0.4) is 0 Å². The van der Waals surface area contributed by atoms with Crippen LogP contribution in [0.15, 0.2) is 24.3 Å². The van der Waals surface area contributed by atoms with E-state index in [0.717, 1.165) is 4.90 Å². The molecule has 0 bridgehead atoms. The van der Waals surface area contributed by atoms with Gasteiger partial charge in [-0.05, 0) is 41.8 Å². The summed E-state index contributed by atoms with van der Waals surface area (Å²) in [6, 6.07) is 5.04. The van der Waals surface area contributed by atoms with E-state index in [1.807, 2.05) is 0 Å². The van der Waals surface area contributed by atoms with Gasteiger partial charge in [-0.15, -0.1) is 0 Å². The van der Waals surface area contributed by atoms with Gasteiger partial charge in [0.25, 0.3) is 11.8 Å². The van der Waals surface area contributed by atoms with E-state index in [0.29, 0.717) is 0 Å². The van der Waals surface area contributed by atoms with Crippen molar-refractivity contribution in [1.29, 1.82) is 0 Å². The average molecular weight is 314 g/mol. The number of carbonyl (C=O) groups excluding carboxylic acids is 4. The zero-order valence-electron chi connectivity index (χ0n) is 10.1. The summed E-state index contributed by atoms with van der Waals surface area (Å²) in [6.07, 6.45) is -0.242. The van der Waals surface area contributed by atoms with Gasteiger partial charge in [0.1, 0.15) is 6.04 Å². The van der Waals surface area contributed by atoms with Crippen molar-refractivity contribution in [2.24, 2.45) is 0 Å². The Hall–Kier alpha value is -1.72. The van der Waals surface area contributed by atoms with Crippen LogP contribution < -0.4 is 0 Å². The van der Waals surface area contributed by atoms with Crippen LogP contribution in [-0.2, 0) is 9.59 Å². The fourth-order valence-corrected chi connectivity index (χ4v) is 2.40. The predicted molar refractivity (Wildman–Crippen MR) is 71.7 cm³/mol. The van der Waals surface area contributed by atoms with Crippen molar-refractivity contribution >= 4 is 45.5 Å². The molecule has 0 N–H and O–H groups in total. The van der Waals surface area contributed by atoms with Crippen LogP contribution in [0.1, 0.15) is 33.6 Å². The molecule has 1 heterocycles. The highest BCUT2D eigenvalue weighted by Gasteiger charge is 2.42. The highest BCUT2D eigenvalue weighted by atomic mass is 35.5. The lowest BCUT2D eigenvalue weighted by Crippen LogP contribution is -2.43. The number of halogens is 2. The molecule has 0 aromatic heterocycles. The summed E-state index contributed by atoms with van der Waals surface area (Å²) in [5.74, 6) is -1.18. The normalized spacial score (nSPS) is 15.2. The molecule has 0 spiro atoms. The molecule has 1 atom stereocenters. The smallest absolute Gasteiger partial charge is 0.262 e. The number of fused-ring (bicyclic) bond motifs is 1. The van der Waals surface area contributed by atoms with Crippen LogP contribution in [0.5, 0.6) is 0 Å². The number of amides is 2. The zero-order valence-corrected chi connectivity index (χ0v) is 11.6. The van der Waals surface area contributed by atoms with Gasteiger partial charge in [0.2, 0.25) is 10.5 Å². The Bertz CT molecular complexity index is 579. The second kappa shape index (κ2) is 5.73. The van der Waals surface area contributed by atoms with Gasteiger partial charge in [-0.1, -0.05) is 12.1 Å². The zero-order chi connectivity index (χ0) is 14.9. The average Bonchev–Trinajstić information content (AvgIpc) is 2.64. The van der Waals surface area contributed by atoms with Crippen molar-refractivity contribution in [1.82, 2.24) is 4.90 Å². The Morgan fingerprint density at radius 3 is 1.95 bits per heavy atom. The molecule has 0 saturated carbocycles. The second-order valence-corrected chi connectivity index (χ2v) is 5.03. The van der Waals surface area contributed by atoms with Crippen LogP contribution in [0, 0.1) is 0 Å². The monoisotopic (exact) mass is 313 g/mol. The maximum absolute atomic E-state index is 12.2. The molecule has 2 amide bonds. The Balaban J connectivity index is 2.32. The fourth-order valence-electron chi connectivity index (χ4n) is 2.09. The van der Waals surface area contributed by atoms with E-state index in [-0.39, 0.29) is 24.0 Å². The SMILES string of the molecule is O=C(Cl)CCC(C(=O)Cl)N1C(=O)c2ccccc2C1=O. The Labute approximate surface area is 124 Å². The molecule has 1 aromatic rings. The minimum Gasteiger partial charge on any atom is -0.281 e. The maximum atomic E-state index is 12.2. The molecular weight excluding hydrogens is 305 g/mol. The van der Waals surface area contributed by atoms with Gasteiger partial charge >= 0.3 is 0 Å². The summed E-state index contributed by atoms with van der Waals surface area (Å²) in [6.45, 7) is 0. The van der Waals surface area contributed by atoms with Gasteiger partial charge in [0, 0.05) is 6.42 Å². The molecule has 7 heteroatoms. The summed E-state index contributed by atoms with van der Waals surface area (Å²) < 4.78 is 0. The molecule has 1 unspecified atom stereocenters. The van der Waals surface area contributed by atoms with Crippen molar-refractivity contribution in [2.75, 3.05) is 0 Å². The highest BCUT2D eigenvalue weighted by molar-refractivity contribution is 6.65. The Morgan fingerprint density at radius 1 is 1.05 bits per heavy atom. The van der Waals surface area contributed by atoms with E-state index < -0.39 is 28.3 Å². The maximum Gasteiger partial charge on any atom is 0.262 e. The first-order valence-electron chi connectivity index (χ1n) is 5.78. The molecule has 1 aromatic carbocycles.